The number of thioether (sulfide) groups is 1. The van der Waals surface area contributed by atoms with Crippen molar-refractivity contribution >= 4 is 29.3 Å². The molecular weight excluding hydrogens is 387 g/mol. The highest BCUT2D eigenvalue weighted by Crippen LogP contribution is 2.55. The van der Waals surface area contributed by atoms with Crippen molar-refractivity contribution in [3.8, 4) is 0 Å². The van der Waals surface area contributed by atoms with Crippen LogP contribution in [0.25, 0.3) is 0 Å². The van der Waals surface area contributed by atoms with Crippen LogP contribution in [0.15, 0.2) is 42.5 Å². The van der Waals surface area contributed by atoms with Crippen LogP contribution in [0, 0.1) is 18.7 Å². The summed E-state index contributed by atoms with van der Waals surface area (Å²) in [6, 6.07) is 12.5. The predicted molar refractivity (Wildman–Crippen MR) is 112 cm³/mol. The number of carbonyl (C=O) groups excluding carboxylic acids is 2. The molecule has 29 heavy (non-hydrogen) atoms. The number of halogens is 1. The molecule has 1 spiro atoms. The van der Waals surface area contributed by atoms with E-state index >= 15 is 0 Å². The van der Waals surface area contributed by atoms with Crippen LogP contribution in [0.2, 0.25) is 0 Å². The maximum Gasteiger partial charge on any atom is 0.268 e. The summed E-state index contributed by atoms with van der Waals surface area (Å²) in [5, 5.41) is 0. The Bertz CT molecular complexity index is 1010. The van der Waals surface area contributed by atoms with E-state index in [1.807, 2.05) is 30.0 Å². The molecular formula is C23H23FN2O2S. The molecule has 2 aliphatic heterocycles. The second-order valence-electron chi connectivity index (χ2n) is 8.11. The summed E-state index contributed by atoms with van der Waals surface area (Å²) >= 11 is 1.54. The molecule has 0 unspecified atom stereocenters. The highest BCUT2D eigenvalue weighted by Gasteiger charge is 2.60. The Morgan fingerprint density at radius 2 is 2.03 bits per heavy atom. The van der Waals surface area contributed by atoms with Crippen LogP contribution in [-0.4, -0.2) is 29.0 Å². The molecule has 1 atom stereocenters. The van der Waals surface area contributed by atoms with Crippen LogP contribution < -0.4 is 4.90 Å². The van der Waals surface area contributed by atoms with Crippen LogP contribution in [0.4, 0.5) is 10.1 Å². The van der Waals surface area contributed by atoms with Crippen LogP contribution >= 0.6 is 11.8 Å². The lowest BCUT2D eigenvalue weighted by molar-refractivity contribution is -0.145. The van der Waals surface area contributed by atoms with Gasteiger partial charge in [-0.1, -0.05) is 42.3 Å². The molecule has 0 radical (unpaired) electrons. The molecule has 2 fully saturated rings. The van der Waals surface area contributed by atoms with Crippen molar-refractivity contribution in [2.24, 2.45) is 5.92 Å². The van der Waals surface area contributed by atoms with Gasteiger partial charge in [0.2, 0.25) is 5.91 Å². The predicted octanol–water partition coefficient (Wildman–Crippen LogP) is 4.21. The fourth-order valence-electron chi connectivity index (χ4n) is 4.58. The summed E-state index contributed by atoms with van der Waals surface area (Å²) in [6.45, 7) is 2.73. The number of amides is 2. The van der Waals surface area contributed by atoms with Crippen molar-refractivity contribution < 1.29 is 14.0 Å². The monoisotopic (exact) mass is 410 g/mol. The maximum absolute atomic E-state index is 14.3. The number of fused-ring (bicyclic) bond motifs is 2. The number of benzene rings is 2. The zero-order chi connectivity index (χ0) is 20.2. The SMILES string of the molecule is Cc1ccc2c(c1)[C@]1(SCCN1C(=O)C1CCC1)C(=O)N2Cc1ccccc1F. The molecule has 0 bridgehead atoms. The smallest absolute Gasteiger partial charge is 0.268 e. The van der Waals surface area contributed by atoms with Gasteiger partial charge in [0.05, 0.1) is 12.2 Å². The number of rotatable bonds is 3. The second kappa shape index (κ2) is 6.87. The zero-order valence-corrected chi connectivity index (χ0v) is 17.2. The first-order valence-electron chi connectivity index (χ1n) is 10.1. The standard InChI is InChI=1S/C23H23FN2O2S/c1-15-9-10-20-18(13-15)23(26(11-12-29-23)21(27)16-6-4-7-16)22(28)25(20)14-17-5-2-3-8-19(17)24/h2-3,5,8-10,13,16H,4,6-7,11-12,14H2,1H3/t23-/m0/s1. The van der Waals surface area contributed by atoms with Crippen molar-refractivity contribution in [3.63, 3.8) is 0 Å². The fourth-order valence-corrected chi connectivity index (χ4v) is 6.04. The molecule has 0 aromatic heterocycles. The molecule has 150 valence electrons. The maximum atomic E-state index is 14.3. The molecule has 2 amide bonds. The summed E-state index contributed by atoms with van der Waals surface area (Å²) in [6.07, 6.45) is 2.89. The van der Waals surface area contributed by atoms with Crippen molar-refractivity contribution in [1.29, 1.82) is 0 Å². The molecule has 1 saturated heterocycles. The summed E-state index contributed by atoms with van der Waals surface area (Å²) in [5.74, 6) is 0.403. The van der Waals surface area contributed by atoms with Crippen LogP contribution in [0.1, 0.15) is 36.0 Å². The highest BCUT2D eigenvalue weighted by molar-refractivity contribution is 8.01. The first-order chi connectivity index (χ1) is 14.0. The highest BCUT2D eigenvalue weighted by atomic mass is 32.2. The van der Waals surface area contributed by atoms with E-state index in [9.17, 15) is 14.0 Å². The first kappa shape index (κ1) is 18.7. The molecule has 6 heteroatoms. The minimum Gasteiger partial charge on any atom is -0.315 e. The lowest BCUT2D eigenvalue weighted by atomic mass is 9.84. The Hall–Kier alpha value is -2.34. The van der Waals surface area contributed by atoms with Gasteiger partial charge in [0.25, 0.3) is 5.91 Å². The Balaban J connectivity index is 1.60. The minimum absolute atomic E-state index is 0.0345. The van der Waals surface area contributed by atoms with Crippen molar-refractivity contribution in [1.82, 2.24) is 4.90 Å². The number of carbonyl (C=O) groups is 2. The van der Waals surface area contributed by atoms with Gasteiger partial charge in [0.1, 0.15) is 5.82 Å². The van der Waals surface area contributed by atoms with Gasteiger partial charge in [0, 0.05) is 29.3 Å². The van der Waals surface area contributed by atoms with Crippen LogP contribution in [0.3, 0.4) is 0 Å². The topological polar surface area (TPSA) is 40.6 Å². The van der Waals surface area contributed by atoms with E-state index in [1.165, 1.54) is 17.8 Å². The van der Waals surface area contributed by atoms with Gasteiger partial charge in [-0.15, -0.1) is 11.8 Å². The van der Waals surface area contributed by atoms with E-state index in [0.717, 1.165) is 41.8 Å². The Labute approximate surface area is 174 Å². The normalized spacial score (nSPS) is 23.6. The van der Waals surface area contributed by atoms with Crippen molar-refractivity contribution in [2.45, 2.75) is 37.6 Å². The average molecular weight is 411 g/mol. The van der Waals surface area contributed by atoms with Gasteiger partial charge in [0.15, 0.2) is 4.87 Å². The third-order valence-corrected chi connectivity index (χ3v) is 7.78. The van der Waals surface area contributed by atoms with E-state index in [2.05, 4.69) is 0 Å². The Morgan fingerprint density at radius 3 is 2.76 bits per heavy atom. The molecule has 2 aromatic carbocycles. The fraction of sp³-hybridized carbons (Fsp3) is 0.391. The quantitative estimate of drug-likeness (QED) is 0.761. The van der Waals surface area contributed by atoms with E-state index in [-0.39, 0.29) is 30.1 Å². The third-order valence-electron chi connectivity index (χ3n) is 6.36. The summed E-state index contributed by atoms with van der Waals surface area (Å²) in [4.78, 5) is 29.5. The number of aryl methyl sites for hydroxylation is 1. The largest absolute Gasteiger partial charge is 0.315 e. The number of hydrogen-bond donors (Lipinski definition) is 0. The van der Waals surface area contributed by atoms with E-state index in [1.54, 1.807) is 23.1 Å². The molecule has 1 aliphatic carbocycles. The summed E-state index contributed by atoms with van der Waals surface area (Å²) in [5.41, 5.74) is 3.18. The van der Waals surface area contributed by atoms with Gasteiger partial charge in [-0.25, -0.2) is 4.39 Å². The molecule has 1 saturated carbocycles. The number of hydrogen-bond acceptors (Lipinski definition) is 3. The van der Waals surface area contributed by atoms with Gasteiger partial charge in [-0.2, -0.15) is 0 Å². The zero-order valence-electron chi connectivity index (χ0n) is 16.4. The molecule has 2 heterocycles. The lowest BCUT2D eigenvalue weighted by Crippen LogP contribution is -2.52. The molecule has 3 aliphatic rings. The van der Waals surface area contributed by atoms with Crippen molar-refractivity contribution in [3.05, 3.63) is 65.0 Å². The summed E-state index contributed by atoms with van der Waals surface area (Å²) in [7, 11) is 0. The molecule has 0 N–H and O–H groups in total. The molecule has 5 rings (SSSR count). The minimum atomic E-state index is -1.01. The van der Waals surface area contributed by atoms with Crippen LogP contribution in [0.5, 0.6) is 0 Å². The molecule has 2 aromatic rings. The van der Waals surface area contributed by atoms with Crippen LogP contribution in [-0.2, 0) is 21.0 Å². The van der Waals surface area contributed by atoms with E-state index in [0.29, 0.717) is 12.1 Å². The Morgan fingerprint density at radius 1 is 1.24 bits per heavy atom. The lowest BCUT2D eigenvalue weighted by Gasteiger charge is -2.37. The van der Waals surface area contributed by atoms with Crippen molar-refractivity contribution in [2.75, 3.05) is 17.2 Å². The average Bonchev–Trinajstić information content (AvgIpc) is 3.19. The summed E-state index contributed by atoms with van der Waals surface area (Å²) < 4.78 is 14.3. The molecule has 4 nitrogen and oxygen atoms in total. The van der Waals surface area contributed by atoms with E-state index in [4.69, 9.17) is 0 Å². The number of anilines is 1. The second-order valence-corrected chi connectivity index (χ2v) is 9.40. The Kier molecular flexibility index (Phi) is 4.42. The van der Waals surface area contributed by atoms with Gasteiger partial charge >= 0.3 is 0 Å². The van der Waals surface area contributed by atoms with Gasteiger partial charge in [-0.3, -0.25) is 9.59 Å². The third kappa shape index (κ3) is 2.72. The van der Waals surface area contributed by atoms with Gasteiger partial charge in [-0.05, 0) is 31.9 Å². The first-order valence-corrected chi connectivity index (χ1v) is 11.1. The number of nitrogens with zero attached hydrogens (tertiary/aromatic N) is 2. The van der Waals surface area contributed by atoms with Gasteiger partial charge < -0.3 is 9.80 Å². The van der Waals surface area contributed by atoms with E-state index < -0.39 is 4.87 Å².